The molecular formula is C14H14ClN3O2. The Hall–Kier alpha value is -2.03. The summed E-state index contributed by atoms with van der Waals surface area (Å²) in [5.41, 5.74) is 0.832. The number of nitrogens with zero attached hydrogens (tertiary/aromatic N) is 2. The molecule has 1 amide bonds. The minimum atomic E-state index is -0.280. The van der Waals surface area contributed by atoms with Crippen LogP contribution in [0.1, 0.15) is 0 Å². The summed E-state index contributed by atoms with van der Waals surface area (Å²) in [6.45, 7) is 2.04. The molecule has 1 aliphatic heterocycles. The van der Waals surface area contributed by atoms with Crippen molar-refractivity contribution in [2.24, 2.45) is 0 Å². The molecule has 1 heterocycles. The number of carbonyl (C=O) groups is 1. The van der Waals surface area contributed by atoms with E-state index in [1.54, 1.807) is 29.2 Å². The SMILES string of the molecule is N#C/C(=C/Nc1ccc(Cl)cc1)C(=O)N1CCOCC1. The molecule has 1 aromatic carbocycles. The summed E-state index contributed by atoms with van der Waals surface area (Å²) < 4.78 is 5.18. The zero-order valence-corrected chi connectivity index (χ0v) is 11.6. The van der Waals surface area contributed by atoms with Crippen molar-refractivity contribution in [1.29, 1.82) is 5.26 Å². The second kappa shape index (κ2) is 6.94. The van der Waals surface area contributed by atoms with Crippen LogP contribution in [0.4, 0.5) is 5.69 Å². The Balaban J connectivity index is 2.03. The van der Waals surface area contributed by atoms with Crippen molar-refractivity contribution in [1.82, 2.24) is 4.90 Å². The van der Waals surface area contributed by atoms with Crippen LogP contribution in [0.15, 0.2) is 36.0 Å². The second-order valence-electron chi connectivity index (χ2n) is 4.23. The Morgan fingerprint density at radius 2 is 2.00 bits per heavy atom. The summed E-state index contributed by atoms with van der Waals surface area (Å²) in [5, 5.41) is 12.6. The van der Waals surface area contributed by atoms with Crippen LogP contribution in [0.2, 0.25) is 5.02 Å². The fourth-order valence-corrected chi connectivity index (χ4v) is 1.91. The van der Waals surface area contributed by atoms with Gasteiger partial charge in [0.05, 0.1) is 13.2 Å². The smallest absolute Gasteiger partial charge is 0.266 e. The van der Waals surface area contributed by atoms with E-state index >= 15 is 0 Å². The number of nitrogens with one attached hydrogen (secondary N) is 1. The molecule has 1 aliphatic rings. The third kappa shape index (κ3) is 3.73. The number of carbonyl (C=O) groups excluding carboxylic acids is 1. The summed E-state index contributed by atoms with van der Waals surface area (Å²) in [6.07, 6.45) is 1.42. The quantitative estimate of drug-likeness (QED) is 0.683. The number of rotatable bonds is 3. The molecule has 0 bridgehead atoms. The Bertz CT molecular complexity index is 543. The van der Waals surface area contributed by atoms with Crippen molar-refractivity contribution in [2.75, 3.05) is 31.6 Å². The lowest BCUT2D eigenvalue weighted by Crippen LogP contribution is -2.41. The molecule has 20 heavy (non-hydrogen) atoms. The monoisotopic (exact) mass is 291 g/mol. The summed E-state index contributed by atoms with van der Waals surface area (Å²) >= 11 is 5.79. The molecule has 0 unspecified atom stereocenters. The highest BCUT2D eigenvalue weighted by Crippen LogP contribution is 2.14. The Kier molecular flexibility index (Phi) is 4.99. The van der Waals surface area contributed by atoms with Gasteiger partial charge in [0.2, 0.25) is 0 Å². The largest absolute Gasteiger partial charge is 0.378 e. The molecule has 0 aliphatic carbocycles. The van der Waals surface area contributed by atoms with E-state index in [1.165, 1.54) is 6.20 Å². The maximum atomic E-state index is 12.1. The highest BCUT2D eigenvalue weighted by molar-refractivity contribution is 6.30. The average Bonchev–Trinajstić information content (AvgIpc) is 2.50. The highest BCUT2D eigenvalue weighted by atomic mass is 35.5. The number of halogens is 1. The number of hydrogen-bond acceptors (Lipinski definition) is 4. The third-order valence-corrected chi connectivity index (χ3v) is 3.13. The van der Waals surface area contributed by atoms with Crippen molar-refractivity contribution in [3.8, 4) is 6.07 Å². The van der Waals surface area contributed by atoms with Crippen molar-refractivity contribution < 1.29 is 9.53 Å². The predicted molar refractivity (Wildman–Crippen MR) is 76.2 cm³/mol. The van der Waals surface area contributed by atoms with Crippen molar-refractivity contribution in [3.63, 3.8) is 0 Å². The summed E-state index contributed by atoms with van der Waals surface area (Å²) in [6, 6.07) is 8.92. The predicted octanol–water partition coefficient (Wildman–Crippen LogP) is 2.02. The fraction of sp³-hybridized carbons (Fsp3) is 0.286. The van der Waals surface area contributed by atoms with Gasteiger partial charge in [-0.05, 0) is 24.3 Å². The molecule has 6 heteroatoms. The van der Waals surface area contributed by atoms with Gasteiger partial charge < -0.3 is 15.0 Å². The van der Waals surface area contributed by atoms with Crippen molar-refractivity contribution in [2.45, 2.75) is 0 Å². The first-order valence-electron chi connectivity index (χ1n) is 6.20. The van der Waals surface area contributed by atoms with Gasteiger partial charge in [-0.25, -0.2) is 0 Å². The van der Waals surface area contributed by atoms with E-state index in [0.29, 0.717) is 31.3 Å². The standard InChI is InChI=1S/C14H14ClN3O2/c15-12-1-3-13(4-2-12)17-10-11(9-16)14(19)18-5-7-20-8-6-18/h1-4,10,17H,5-8H2/b11-10-. The highest BCUT2D eigenvalue weighted by Gasteiger charge is 2.20. The zero-order valence-electron chi connectivity index (χ0n) is 10.8. The molecule has 1 fully saturated rings. The zero-order chi connectivity index (χ0) is 14.4. The lowest BCUT2D eigenvalue weighted by Gasteiger charge is -2.26. The van der Waals surface area contributed by atoms with Crippen LogP contribution in [0.3, 0.4) is 0 Å². The van der Waals surface area contributed by atoms with Gasteiger partial charge >= 0.3 is 0 Å². The van der Waals surface area contributed by atoms with Gasteiger partial charge in [-0.15, -0.1) is 0 Å². The average molecular weight is 292 g/mol. The Labute approximate surface area is 122 Å². The van der Waals surface area contributed by atoms with Gasteiger partial charge in [-0.2, -0.15) is 5.26 Å². The van der Waals surface area contributed by atoms with E-state index in [9.17, 15) is 4.79 Å². The Morgan fingerprint density at radius 1 is 1.35 bits per heavy atom. The van der Waals surface area contributed by atoms with Gasteiger partial charge in [0.1, 0.15) is 11.6 Å². The van der Waals surface area contributed by atoms with Crippen LogP contribution in [0, 0.1) is 11.3 Å². The number of hydrogen-bond donors (Lipinski definition) is 1. The maximum Gasteiger partial charge on any atom is 0.266 e. The molecule has 1 aromatic rings. The van der Waals surface area contributed by atoms with Crippen molar-refractivity contribution >= 4 is 23.2 Å². The van der Waals surface area contributed by atoms with Crippen LogP contribution in [0.25, 0.3) is 0 Å². The first-order chi connectivity index (χ1) is 9.70. The van der Waals surface area contributed by atoms with Crippen LogP contribution < -0.4 is 5.32 Å². The van der Waals surface area contributed by atoms with E-state index < -0.39 is 0 Å². The fourth-order valence-electron chi connectivity index (χ4n) is 1.78. The van der Waals surface area contributed by atoms with E-state index in [4.69, 9.17) is 21.6 Å². The maximum absolute atomic E-state index is 12.1. The molecule has 1 N–H and O–H groups in total. The summed E-state index contributed by atoms with van der Waals surface area (Å²) in [7, 11) is 0. The van der Waals surface area contributed by atoms with Crippen molar-refractivity contribution in [3.05, 3.63) is 41.1 Å². The normalized spacial score (nSPS) is 15.6. The molecule has 0 aromatic heterocycles. The van der Waals surface area contributed by atoms with Crippen LogP contribution in [-0.4, -0.2) is 37.1 Å². The number of anilines is 1. The molecule has 0 atom stereocenters. The van der Waals surface area contributed by atoms with Gasteiger partial charge in [0.15, 0.2) is 0 Å². The third-order valence-electron chi connectivity index (χ3n) is 2.88. The molecule has 2 rings (SSSR count). The first kappa shape index (κ1) is 14.4. The molecule has 1 saturated heterocycles. The molecule has 0 spiro atoms. The lowest BCUT2D eigenvalue weighted by atomic mass is 10.2. The molecule has 0 saturated carbocycles. The topological polar surface area (TPSA) is 65.4 Å². The Morgan fingerprint density at radius 3 is 2.60 bits per heavy atom. The minimum absolute atomic E-state index is 0.0712. The number of nitriles is 1. The van der Waals surface area contributed by atoms with Gasteiger partial charge in [-0.3, -0.25) is 4.79 Å². The van der Waals surface area contributed by atoms with Crippen LogP contribution >= 0.6 is 11.6 Å². The van der Waals surface area contributed by atoms with E-state index in [-0.39, 0.29) is 11.5 Å². The lowest BCUT2D eigenvalue weighted by molar-refractivity contribution is -0.130. The molecule has 0 radical (unpaired) electrons. The number of morpholine rings is 1. The number of ether oxygens (including phenoxy) is 1. The summed E-state index contributed by atoms with van der Waals surface area (Å²) in [5.74, 6) is -0.280. The van der Waals surface area contributed by atoms with E-state index in [0.717, 1.165) is 5.69 Å². The van der Waals surface area contributed by atoms with Crippen LogP contribution in [0.5, 0.6) is 0 Å². The van der Waals surface area contributed by atoms with E-state index in [1.807, 2.05) is 6.07 Å². The summed E-state index contributed by atoms with van der Waals surface area (Å²) in [4.78, 5) is 13.7. The number of amides is 1. The second-order valence-corrected chi connectivity index (χ2v) is 4.66. The minimum Gasteiger partial charge on any atom is -0.378 e. The van der Waals surface area contributed by atoms with E-state index in [2.05, 4.69) is 5.32 Å². The van der Waals surface area contributed by atoms with Crippen LogP contribution in [-0.2, 0) is 9.53 Å². The molecular weight excluding hydrogens is 278 g/mol. The first-order valence-corrected chi connectivity index (χ1v) is 6.58. The van der Waals surface area contributed by atoms with Gasteiger partial charge in [0, 0.05) is 30.0 Å². The molecule has 104 valence electrons. The molecule has 5 nitrogen and oxygen atoms in total. The van der Waals surface area contributed by atoms with Gasteiger partial charge in [0.25, 0.3) is 5.91 Å². The number of benzene rings is 1. The van der Waals surface area contributed by atoms with Gasteiger partial charge in [-0.1, -0.05) is 11.6 Å².